The molecular formula is C14H22FNO2. The molecule has 18 heavy (non-hydrogen) atoms. The van der Waals surface area contributed by atoms with Gasteiger partial charge in [0.05, 0.1) is 14.2 Å². The van der Waals surface area contributed by atoms with E-state index in [-0.39, 0.29) is 11.9 Å². The van der Waals surface area contributed by atoms with E-state index in [1.807, 2.05) is 0 Å². The molecule has 3 nitrogen and oxygen atoms in total. The quantitative estimate of drug-likeness (QED) is 0.848. The first-order chi connectivity index (χ1) is 8.49. The van der Waals surface area contributed by atoms with Crippen molar-refractivity contribution in [2.75, 3.05) is 14.2 Å². The average molecular weight is 255 g/mol. The Morgan fingerprint density at radius 3 is 2.17 bits per heavy atom. The van der Waals surface area contributed by atoms with Crippen molar-refractivity contribution in [3.63, 3.8) is 0 Å². The van der Waals surface area contributed by atoms with Crippen LogP contribution in [0, 0.1) is 11.7 Å². The van der Waals surface area contributed by atoms with Gasteiger partial charge in [-0.2, -0.15) is 0 Å². The highest BCUT2D eigenvalue weighted by atomic mass is 19.1. The van der Waals surface area contributed by atoms with E-state index in [0.29, 0.717) is 23.0 Å². The third-order valence-electron chi connectivity index (χ3n) is 2.96. The second-order valence-electron chi connectivity index (χ2n) is 4.81. The molecule has 0 saturated heterocycles. The summed E-state index contributed by atoms with van der Waals surface area (Å²) in [4.78, 5) is 0. The summed E-state index contributed by atoms with van der Waals surface area (Å²) in [5.74, 6) is 1.10. The van der Waals surface area contributed by atoms with Gasteiger partial charge in [-0.05, 0) is 24.8 Å². The SMILES string of the molecule is COc1cc(F)c(C(N)CCC(C)C)cc1OC. The Bertz CT molecular complexity index is 394. The number of benzene rings is 1. The molecule has 1 rings (SSSR count). The summed E-state index contributed by atoms with van der Waals surface area (Å²) < 4.78 is 24.1. The summed E-state index contributed by atoms with van der Waals surface area (Å²) in [5, 5.41) is 0. The molecule has 0 aliphatic heterocycles. The van der Waals surface area contributed by atoms with Crippen molar-refractivity contribution in [2.45, 2.75) is 32.7 Å². The molecule has 0 heterocycles. The largest absolute Gasteiger partial charge is 0.493 e. The van der Waals surface area contributed by atoms with Crippen molar-refractivity contribution in [1.82, 2.24) is 0 Å². The Labute approximate surface area is 108 Å². The fraction of sp³-hybridized carbons (Fsp3) is 0.571. The van der Waals surface area contributed by atoms with Gasteiger partial charge in [0.25, 0.3) is 0 Å². The maximum absolute atomic E-state index is 13.9. The van der Waals surface area contributed by atoms with Gasteiger partial charge in [0.2, 0.25) is 0 Å². The van der Waals surface area contributed by atoms with E-state index in [1.165, 1.54) is 20.3 Å². The molecule has 0 saturated carbocycles. The molecule has 1 aromatic carbocycles. The van der Waals surface area contributed by atoms with Crippen LogP contribution in [0.1, 0.15) is 38.3 Å². The first kappa shape index (κ1) is 14.8. The summed E-state index contributed by atoms with van der Waals surface area (Å²) in [6.07, 6.45) is 1.72. The number of rotatable bonds is 6. The normalized spacial score (nSPS) is 12.6. The van der Waals surface area contributed by atoms with E-state index in [2.05, 4.69) is 13.8 Å². The summed E-state index contributed by atoms with van der Waals surface area (Å²) >= 11 is 0. The standard InChI is InChI=1S/C14H22FNO2/c1-9(2)5-6-12(16)10-7-13(17-3)14(18-4)8-11(10)15/h7-9,12H,5-6,16H2,1-4H3. The molecule has 0 aromatic heterocycles. The minimum Gasteiger partial charge on any atom is -0.493 e. The molecule has 0 aliphatic rings. The smallest absolute Gasteiger partial charge is 0.163 e. The molecule has 0 fully saturated rings. The lowest BCUT2D eigenvalue weighted by atomic mass is 9.97. The number of ether oxygens (including phenoxy) is 2. The van der Waals surface area contributed by atoms with E-state index in [9.17, 15) is 4.39 Å². The zero-order valence-corrected chi connectivity index (χ0v) is 11.5. The van der Waals surface area contributed by atoms with E-state index in [1.54, 1.807) is 6.07 Å². The van der Waals surface area contributed by atoms with Crippen LogP contribution in [0.3, 0.4) is 0 Å². The maximum atomic E-state index is 13.9. The molecule has 0 amide bonds. The molecule has 0 spiro atoms. The number of hydrogen-bond donors (Lipinski definition) is 1. The average Bonchev–Trinajstić information content (AvgIpc) is 2.35. The lowest BCUT2D eigenvalue weighted by Crippen LogP contribution is -2.13. The van der Waals surface area contributed by atoms with Gasteiger partial charge in [-0.1, -0.05) is 13.8 Å². The third-order valence-corrected chi connectivity index (χ3v) is 2.96. The Hall–Kier alpha value is -1.29. The highest BCUT2D eigenvalue weighted by Crippen LogP contribution is 2.33. The van der Waals surface area contributed by atoms with E-state index in [4.69, 9.17) is 15.2 Å². The van der Waals surface area contributed by atoms with Gasteiger partial charge >= 0.3 is 0 Å². The molecule has 0 radical (unpaired) electrons. The lowest BCUT2D eigenvalue weighted by molar-refractivity contribution is 0.350. The predicted molar refractivity (Wildman–Crippen MR) is 70.5 cm³/mol. The molecular weight excluding hydrogens is 233 g/mol. The highest BCUT2D eigenvalue weighted by molar-refractivity contribution is 5.44. The fourth-order valence-electron chi connectivity index (χ4n) is 1.82. The number of methoxy groups -OCH3 is 2. The Kier molecular flexibility index (Phi) is 5.41. The maximum Gasteiger partial charge on any atom is 0.163 e. The van der Waals surface area contributed by atoms with Gasteiger partial charge in [0, 0.05) is 17.7 Å². The summed E-state index contributed by atoms with van der Waals surface area (Å²) in [6, 6.07) is 2.63. The van der Waals surface area contributed by atoms with Crippen molar-refractivity contribution in [1.29, 1.82) is 0 Å². The molecule has 4 heteroatoms. The molecule has 0 aliphatic carbocycles. The Balaban J connectivity index is 2.94. The van der Waals surface area contributed by atoms with E-state index in [0.717, 1.165) is 12.8 Å². The van der Waals surface area contributed by atoms with Crippen molar-refractivity contribution >= 4 is 0 Å². The first-order valence-electron chi connectivity index (χ1n) is 6.16. The summed E-state index contributed by atoms with van der Waals surface area (Å²) in [6.45, 7) is 4.25. The summed E-state index contributed by atoms with van der Waals surface area (Å²) in [5.41, 5.74) is 6.50. The Morgan fingerprint density at radius 1 is 1.11 bits per heavy atom. The number of nitrogens with two attached hydrogens (primary N) is 1. The van der Waals surface area contributed by atoms with Crippen LogP contribution in [0.4, 0.5) is 4.39 Å². The van der Waals surface area contributed by atoms with Crippen LogP contribution in [0.25, 0.3) is 0 Å². The fourth-order valence-corrected chi connectivity index (χ4v) is 1.82. The zero-order chi connectivity index (χ0) is 13.7. The van der Waals surface area contributed by atoms with Crippen LogP contribution in [-0.4, -0.2) is 14.2 Å². The topological polar surface area (TPSA) is 44.5 Å². The first-order valence-corrected chi connectivity index (χ1v) is 6.16. The van der Waals surface area contributed by atoms with Crippen molar-refractivity contribution < 1.29 is 13.9 Å². The Morgan fingerprint density at radius 2 is 1.67 bits per heavy atom. The van der Waals surface area contributed by atoms with Crippen molar-refractivity contribution in [3.8, 4) is 11.5 Å². The van der Waals surface area contributed by atoms with E-state index >= 15 is 0 Å². The van der Waals surface area contributed by atoms with Crippen LogP contribution >= 0.6 is 0 Å². The van der Waals surface area contributed by atoms with Gasteiger partial charge < -0.3 is 15.2 Å². The molecule has 0 bridgehead atoms. The molecule has 102 valence electrons. The van der Waals surface area contributed by atoms with Gasteiger partial charge in [-0.3, -0.25) is 0 Å². The van der Waals surface area contributed by atoms with Crippen LogP contribution in [0.5, 0.6) is 11.5 Å². The molecule has 1 unspecified atom stereocenters. The minimum atomic E-state index is -0.344. The van der Waals surface area contributed by atoms with Crippen LogP contribution in [0.15, 0.2) is 12.1 Å². The van der Waals surface area contributed by atoms with Crippen molar-refractivity contribution in [2.24, 2.45) is 11.7 Å². The van der Waals surface area contributed by atoms with Gasteiger partial charge in [-0.15, -0.1) is 0 Å². The summed E-state index contributed by atoms with van der Waals surface area (Å²) in [7, 11) is 3.01. The van der Waals surface area contributed by atoms with Gasteiger partial charge in [0.15, 0.2) is 11.5 Å². The van der Waals surface area contributed by atoms with Crippen LogP contribution in [0.2, 0.25) is 0 Å². The van der Waals surface area contributed by atoms with Crippen LogP contribution < -0.4 is 15.2 Å². The van der Waals surface area contributed by atoms with Crippen molar-refractivity contribution in [3.05, 3.63) is 23.5 Å². The monoisotopic (exact) mass is 255 g/mol. The number of hydrogen-bond acceptors (Lipinski definition) is 3. The highest BCUT2D eigenvalue weighted by Gasteiger charge is 2.16. The minimum absolute atomic E-state index is 0.313. The van der Waals surface area contributed by atoms with Gasteiger partial charge in [-0.25, -0.2) is 4.39 Å². The molecule has 1 aromatic rings. The second-order valence-corrected chi connectivity index (χ2v) is 4.81. The predicted octanol–water partition coefficient (Wildman–Crippen LogP) is 3.28. The van der Waals surface area contributed by atoms with Gasteiger partial charge in [0.1, 0.15) is 5.82 Å². The second kappa shape index (κ2) is 6.59. The zero-order valence-electron chi connectivity index (χ0n) is 11.5. The molecule has 2 N–H and O–H groups in total. The third kappa shape index (κ3) is 3.60. The number of halogens is 1. The van der Waals surface area contributed by atoms with E-state index < -0.39 is 0 Å². The lowest BCUT2D eigenvalue weighted by Gasteiger charge is -2.17. The molecule has 1 atom stereocenters. The van der Waals surface area contributed by atoms with Crippen LogP contribution in [-0.2, 0) is 0 Å².